The molecule has 0 saturated carbocycles. The third-order valence-corrected chi connectivity index (χ3v) is 1.80. The summed E-state index contributed by atoms with van der Waals surface area (Å²) in [7, 11) is 0. The fourth-order valence-corrected chi connectivity index (χ4v) is 1.15. The Morgan fingerprint density at radius 3 is 2.92 bits per heavy atom. The molecule has 0 saturated heterocycles. The largest absolute Gasteiger partial charge is 0.506 e. The van der Waals surface area contributed by atoms with Crippen molar-refractivity contribution in [3.8, 4) is 5.75 Å². The molecule has 1 N–H and O–H groups in total. The number of hydrogen-bond acceptors (Lipinski definition) is 3. The van der Waals surface area contributed by atoms with Gasteiger partial charge in [-0.15, -0.1) is 0 Å². The van der Waals surface area contributed by atoms with Crippen LogP contribution in [-0.2, 0) is 0 Å². The van der Waals surface area contributed by atoms with Gasteiger partial charge in [-0.2, -0.15) is 0 Å². The molecule has 0 aliphatic heterocycles. The molecular formula is C9H8N2O2. The quantitative estimate of drug-likeness (QED) is 0.665. The first-order valence-corrected chi connectivity index (χ1v) is 3.85. The van der Waals surface area contributed by atoms with Crippen molar-refractivity contribution < 1.29 is 9.90 Å². The van der Waals surface area contributed by atoms with E-state index >= 15 is 0 Å². The molecule has 0 aliphatic carbocycles. The van der Waals surface area contributed by atoms with Gasteiger partial charge in [0.2, 0.25) is 0 Å². The lowest BCUT2D eigenvalue weighted by Crippen LogP contribution is -1.89. The maximum atomic E-state index is 11.0. The van der Waals surface area contributed by atoms with Gasteiger partial charge in [-0.05, 0) is 12.1 Å². The number of aromatic hydroxyl groups is 1. The molecule has 0 aliphatic rings. The summed E-state index contributed by atoms with van der Waals surface area (Å²) < 4.78 is 1.62. The van der Waals surface area contributed by atoms with E-state index in [-0.39, 0.29) is 11.5 Å². The minimum atomic E-state index is -0.0804. The summed E-state index contributed by atoms with van der Waals surface area (Å²) in [5.41, 5.74) is 1.06. The third kappa shape index (κ3) is 1.26. The Bertz CT molecular complexity index is 473. The third-order valence-electron chi connectivity index (χ3n) is 1.80. The minimum absolute atomic E-state index is 0.0804. The van der Waals surface area contributed by atoms with E-state index in [4.69, 9.17) is 5.11 Å². The average molecular weight is 176 g/mol. The lowest BCUT2D eigenvalue weighted by Gasteiger charge is -1.92. The number of hydrogen-bond donors (Lipinski definition) is 1. The topological polar surface area (TPSA) is 54.6 Å². The van der Waals surface area contributed by atoms with Crippen LogP contribution in [0.3, 0.4) is 0 Å². The highest BCUT2D eigenvalue weighted by Crippen LogP contribution is 2.11. The molecule has 0 spiro atoms. The number of Topliss-reactive ketones (excluding diaryl/α,β-unsaturated/α-hetero) is 1. The Kier molecular flexibility index (Phi) is 1.55. The summed E-state index contributed by atoms with van der Waals surface area (Å²) in [6.45, 7) is 1.46. The zero-order valence-corrected chi connectivity index (χ0v) is 7.06. The van der Waals surface area contributed by atoms with Crippen molar-refractivity contribution in [2.75, 3.05) is 0 Å². The van der Waals surface area contributed by atoms with E-state index in [0.717, 1.165) is 0 Å². The molecule has 0 unspecified atom stereocenters. The summed E-state index contributed by atoms with van der Waals surface area (Å²) in [5.74, 6) is 0.0724. The van der Waals surface area contributed by atoms with Crippen molar-refractivity contribution in [2.24, 2.45) is 0 Å². The van der Waals surface area contributed by atoms with Crippen LogP contribution in [0.2, 0.25) is 0 Å². The van der Waals surface area contributed by atoms with Gasteiger partial charge >= 0.3 is 0 Å². The first-order valence-electron chi connectivity index (χ1n) is 3.85. The molecule has 2 rings (SSSR count). The normalized spacial score (nSPS) is 10.5. The maximum absolute atomic E-state index is 11.0. The second kappa shape index (κ2) is 2.58. The molecule has 0 radical (unpaired) electrons. The predicted molar refractivity (Wildman–Crippen MR) is 46.9 cm³/mol. The summed E-state index contributed by atoms with van der Waals surface area (Å²) >= 11 is 0. The van der Waals surface area contributed by atoms with Crippen LogP contribution in [0, 0.1) is 0 Å². The molecule has 4 nitrogen and oxygen atoms in total. The van der Waals surface area contributed by atoms with E-state index in [2.05, 4.69) is 4.98 Å². The molecular weight excluding hydrogens is 168 g/mol. The second-order valence-corrected chi connectivity index (χ2v) is 2.84. The van der Waals surface area contributed by atoms with Crippen molar-refractivity contribution in [2.45, 2.75) is 6.92 Å². The molecule has 2 aromatic heterocycles. The molecule has 4 heteroatoms. The molecule has 0 aromatic carbocycles. The smallest absolute Gasteiger partial charge is 0.179 e. The Hall–Kier alpha value is -1.84. The van der Waals surface area contributed by atoms with Crippen LogP contribution in [0.1, 0.15) is 17.4 Å². The summed E-state index contributed by atoms with van der Waals surface area (Å²) in [6, 6.07) is 3.19. The Balaban J connectivity index is 2.68. The van der Waals surface area contributed by atoms with Crippen LogP contribution in [0.5, 0.6) is 5.75 Å². The van der Waals surface area contributed by atoms with Gasteiger partial charge in [0.05, 0.1) is 6.20 Å². The van der Waals surface area contributed by atoms with Gasteiger partial charge in [0, 0.05) is 13.1 Å². The van der Waals surface area contributed by atoms with E-state index in [9.17, 15) is 4.79 Å². The monoisotopic (exact) mass is 176 g/mol. The van der Waals surface area contributed by atoms with Gasteiger partial charge in [0.25, 0.3) is 0 Å². The van der Waals surface area contributed by atoms with Crippen LogP contribution in [-0.4, -0.2) is 20.3 Å². The van der Waals surface area contributed by atoms with Crippen molar-refractivity contribution >= 4 is 11.4 Å². The average Bonchev–Trinajstić information content (AvgIpc) is 2.46. The maximum Gasteiger partial charge on any atom is 0.179 e. The van der Waals surface area contributed by atoms with Gasteiger partial charge in [-0.25, -0.2) is 4.98 Å². The Morgan fingerprint density at radius 2 is 2.23 bits per heavy atom. The fraction of sp³-hybridized carbons (Fsp3) is 0.111. The van der Waals surface area contributed by atoms with Crippen LogP contribution in [0.15, 0.2) is 24.5 Å². The number of ketones is 1. The van der Waals surface area contributed by atoms with Crippen LogP contribution in [0.25, 0.3) is 5.65 Å². The SMILES string of the molecule is CC(=O)c1cn2cc(O)ccc2n1. The van der Waals surface area contributed by atoms with Crippen LogP contribution >= 0.6 is 0 Å². The summed E-state index contributed by atoms with van der Waals surface area (Å²) in [4.78, 5) is 15.0. The highest BCUT2D eigenvalue weighted by atomic mass is 16.3. The Morgan fingerprint density at radius 1 is 1.46 bits per heavy atom. The van der Waals surface area contributed by atoms with Crippen LogP contribution in [0.4, 0.5) is 0 Å². The number of pyridine rings is 1. The number of aromatic nitrogens is 2. The van der Waals surface area contributed by atoms with Crippen molar-refractivity contribution in [3.63, 3.8) is 0 Å². The minimum Gasteiger partial charge on any atom is -0.506 e. The number of rotatable bonds is 1. The molecule has 13 heavy (non-hydrogen) atoms. The summed E-state index contributed by atoms with van der Waals surface area (Å²) in [6.07, 6.45) is 3.10. The van der Waals surface area contributed by atoms with E-state index < -0.39 is 0 Å². The van der Waals surface area contributed by atoms with E-state index in [1.807, 2.05) is 0 Å². The molecule has 0 amide bonds. The number of carbonyl (C=O) groups excluding carboxylic acids is 1. The fourth-order valence-electron chi connectivity index (χ4n) is 1.15. The predicted octanol–water partition coefficient (Wildman–Crippen LogP) is 1.24. The zero-order valence-electron chi connectivity index (χ0n) is 7.06. The highest BCUT2D eigenvalue weighted by Gasteiger charge is 2.05. The van der Waals surface area contributed by atoms with E-state index in [0.29, 0.717) is 11.3 Å². The van der Waals surface area contributed by atoms with E-state index in [1.165, 1.54) is 19.2 Å². The van der Waals surface area contributed by atoms with Gasteiger partial charge in [0.1, 0.15) is 17.1 Å². The first kappa shape index (κ1) is 7.79. The lowest BCUT2D eigenvalue weighted by molar-refractivity contribution is 0.101. The van der Waals surface area contributed by atoms with Crippen LogP contribution < -0.4 is 0 Å². The molecule has 0 bridgehead atoms. The molecule has 0 atom stereocenters. The van der Waals surface area contributed by atoms with Gasteiger partial charge in [0.15, 0.2) is 5.78 Å². The van der Waals surface area contributed by atoms with Crippen molar-refractivity contribution in [3.05, 3.63) is 30.2 Å². The number of nitrogens with zero attached hydrogens (tertiary/aromatic N) is 2. The Labute approximate surface area is 74.5 Å². The van der Waals surface area contributed by atoms with Gasteiger partial charge < -0.3 is 9.51 Å². The van der Waals surface area contributed by atoms with Crippen molar-refractivity contribution in [1.29, 1.82) is 0 Å². The second-order valence-electron chi connectivity index (χ2n) is 2.84. The van der Waals surface area contributed by atoms with Crippen molar-refractivity contribution in [1.82, 2.24) is 9.38 Å². The standard InChI is InChI=1S/C9H8N2O2/c1-6(12)8-5-11-4-7(13)2-3-9(11)10-8/h2-5,13H,1H3. The molecule has 0 fully saturated rings. The zero-order chi connectivity index (χ0) is 9.42. The molecule has 2 aromatic rings. The molecule has 66 valence electrons. The number of fused-ring (bicyclic) bond motifs is 1. The first-order chi connectivity index (χ1) is 6.16. The molecule has 2 heterocycles. The summed E-state index contributed by atoms with van der Waals surface area (Å²) in [5, 5.41) is 9.14. The van der Waals surface area contributed by atoms with E-state index in [1.54, 1.807) is 16.7 Å². The van der Waals surface area contributed by atoms with Gasteiger partial charge in [-0.3, -0.25) is 4.79 Å². The highest BCUT2D eigenvalue weighted by molar-refractivity contribution is 5.92. The van der Waals surface area contributed by atoms with Gasteiger partial charge in [-0.1, -0.05) is 0 Å². The number of imidazole rings is 1. The lowest BCUT2D eigenvalue weighted by atomic mass is 10.3. The number of carbonyl (C=O) groups is 1.